The Bertz CT molecular complexity index is 463. The predicted molar refractivity (Wildman–Crippen MR) is 64.7 cm³/mol. The van der Waals surface area contributed by atoms with Gasteiger partial charge in [0, 0.05) is 6.04 Å². The van der Waals surface area contributed by atoms with Gasteiger partial charge in [0.25, 0.3) is 0 Å². The lowest BCUT2D eigenvalue weighted by Crippen LogP contribution is -2.39. The Labute approximate surface area is 109 Å². The molecule has 0 aromatic heterocycles. The topological polar surface area (TPSA) is 27.0 Å². The molecule has 18 heavy (non-hydrogen) atoms. The van der Waals surface area contributed by atoms with Crippen LogP contribution in [-0.2, 0) is 0 Å². The maximum atomic E-state index is 12.5. The van der Waals surface area contributed by atoms with Crippen LogP contribution < -0.4 is 4.90 Å². The van der Waals surface area contributed by atoms with Crippen LogP contribution in [0.15, 0.2) is 18.2 Å². The van der Waals surface area contributed by atoms with Crippen LogP contribution in [0.3, 0.4) is 0 Å². The number of rotatable bonds is 3. The molecule has 0 spiro atoms. The van der Waals surface area contributed by atoms with Crippen LogP contribution in [0, 0.1) is 11.3 Å². The third-order valence-electron chi connectivity index (χ3n) is 2.39. The highest BCUT2D eigenvalue weighted by atomic mass is 35.5. The molecule has 6 heteroatoms. The fourth-order valence-corrected chi connectivity index (χ4v) is 1.81. The van der Waals surface area contributed by atoms with Crippen LogP contribution >= 0.6 is 11.6 Å². The molecular formula is C12H12ClF3N2. The third kappa shape index (κ3) is 3.54. The summed E-state index contributed by atoms with van der Waals surface area (Å²) in [5, 5.41) is 9.14. The number of nitrogens with zero attached hydrogens (tertiary/aromatic N) is 2. The lowest BCUT2D eigenvalue weighted by atomic mass is 10.1. The smallest absolute Gasteiger partial charge is 0.359 e. The summed E-state index contributed by atoms with van der Waals surface area (Å²) >= 11 is 5.82. The maximum Gasteiger partial charge on any atom is 0.405 e. The van der Waals surface area contributed by atoms with Gasteiger partial charge in [-0.2, -0.15) is 18.4 Å². The number of hydrogen-bond acceptors (Lipinski definition) is 2. The van der Waals surface area contributed by atoms with Gasteiger partial charge in [0.2, 0.25) is 0 Å². The molecule has 0 saturated heterocycles. The SMILES string of the molecule is CC(C)N(CC(F)(F)F)c1cccc(Cl)c1C#N. The molecule has 0 radical (unpaired) electrons. The van der Waals surface area contributed by atoms with Crippen molar-refractivity contribution in [2.45, 2.75) is 26.1 Å². The molecule has 0 atom stereocenters. The highest BCUT2D eigenvalue weighted by molar-refractivity contribution is 6.32. The van der Waals surface area contributed by atoms with Gasteiger partial charge in [0.15, 0.2) is 0 Å². The van der Waals surface area contributed by atoms with Crippen molar-refractivity contribution >= 4 is 17.3 Å². The van der Waals surface area contributed by atoms with Crippen LogP contribution in [0.25, 0.3) is 0 Å². The first-order chi connectivity index (χ1) is 8.26. The second-order valence-corrected chi connectivity index (χ2v) is 4.49. The summed E-state index contributed by atoms with van der Waals surface area (Å²) in [6.07, 6.45) is -4.33. The molecule has 2 nitrogen and oxygen atoms in total. The van der Waals surface area contributed by atoms with Gasteiger partial charge in [0.1, 0.15) is 12.6 Å². The highest BCUT2D eigenvalue weighted by Crippen LogP contribution is 2.30. The highest BCUT2D eigenvalue weighted by Gasteiger charge is 2.33. The molecule has 98 valence electrons. The Morgan fingerprint density at radius 2 is 2.00 bits per heavy atom. The fourth-order valence-electron chi connectivity index (χ4n) is 1.60. The molecule has 0 amide bonds. The van der Waals surface area contributed by atoms with E-state index in [2.05, 4.69) is 0 Å². The summed E-state index contributed by atoms with van der Waals surface area (Å²) in [6.45, 7) is 2.15. The van der Waals surface area contributed by atoms with Crippen LogP contribution in [0.1, 0.15) is 19.4 Å². The molecule has 0 N–H and O–H groups in total. The van der Waals surface area contributed by atoms with E-state index in [9.17, 15) is 13.2 Å². The quantitative estimate of drug-likeness (QED) is 0.835. The van der Waals surface area contributed by atoms with Gasteiger partial charge < -0.3 is 4.90 Å². The van der Waals surface area contributed by atoms with E-state index in [1.807, 2.05) is 6.07 Å². The van der Waals surface area contributed by atoms with Gasteiger partial charge in [-0.05, 0) is 26.0 Å². The summed E-state index contributed by atoms with van der Waals surface area (Å²) in [5.41, 5.74) is 0.273. The maximum absolute atomic E-state index is 12.5. The molecule has 0 aliphatic heterocycles. The van der Waals surface area contributed by atoms with Crippen molar-refractivity contribution in [3.8, 4) is 6.07 Å². The van der Waals surface area contributed by atoms with Crippen LogP contribution in [0.5, 0.6) is 0 Å². The molecular weight excluding hydrogens is 265 g/mol. The van der Waals surface area contributed by atoms with E-state index >= 15 is 0 Å². The van der Waals surface area contributed by atoms with Crippen molar-refractivity contribution in [1.29, 1.82) is 5.26 Å². The van der Waals surface area contributed by atoms with Gasteiger partial charge in [-0.15, -0.1) is 0 Å². The minimum atomic E-state index is -4.33. The van der Waals surface area contributed by atoms with E-state index in [1.165, 1.54) is 18.2 Å². The van der Waals surface area contributed by atoms with Gasteiger partial charge in [0.05, 0.1) is 16.3 Å². The number of halogens is 4. The molecule has 1 rings (SSSR count). The zero-order valence-corrected chi connectivity index (χ0v) is 10.7. The zero-order chi connectivity index (χ0) is 13.9. The largest absolute Gasteiger partial charge is 0.405 e. The first-order valence-corrected chi connectivity index (χ1v) is 5.66. The van der Waals surface area contributed by atoms with E-state index in [4.69, 9.17) is 16.9 Å². The van der Waals surface area contributed by atoms with Crippen molar-refractivity contribution in [3.05, 3.63) is 28.8 Å². The normalized spacial score (nSPS) is 11.4. The summed E-state index contributed by atoms with van der Waals surface area (Å²) < 4.78 is 37.6. The van der Waals surface area contributed by atoms with E-state index in [-0.39, 0.29) is 16.3 Å². The van der Waals surface area contributed by atoms with Crippen molar-refractivity contribution in [2.75, 3.05) is 11.4 Å². The van der Waals surface area contributed by atoms with Crippen molar-refractivity contribution < 1.29 is 13.2 Å². The lowest BCUT2D eigenvalue weighted by molar-refractivity contribution is -0.120. The summed E-state index contributed by atoms with van der Waals surface area (Å²) in [5.74, 6) is 0. The Kier molecular flexibility index (Phi) is 4.47. The second kappa shape index (κ2) is 5.49. The Hall–Kier alpha value is -1.41. The lowest BCUT2D eigenvalue weighted by Gasteiger charge is -2.30. The van der Waals surface area contributed by atoms with Gasteiger partial charge in [-0.25, -0.2) is 0 Å². The van der Waals surface area contributed by atoms with Crippen LogP contribution in [-0.4, -0.2) is 18.8 Å². The minimum absolute atomic E-state index is 0.0668. The van der Waals surface area contributed by atoms with Gasteiger partial charge in [-0.3, -0.25) is 0 Å². The molecule has 0 unspecified atom stereocenters. The Balaban J connectivity index is 3.23. The molecule has 1 aromatic carbocycles. The average molecular weight is 277 g/mol. The second-order valence-electron chi connectivity index (χ2n) is 4.08. The van der Waals surface area contributed by atoms with Crippen molar-refractivity contribution in [1.82, 2.24) is 0 Å². The molecule has 1 aromatic rings. The monoisotopic (exact) mass is 276 g/mol. The minimum Gasteiger partial charge on any atom is -0.359 e. The fraction of sp³-hybridized carbons (Fsp3) is 0.417. The molecule has 0 saturated carbocycles. The number of alkyl halides is 3. The Morgan fingerprint density at radius 1 is 1.39 bits per heavy atom. The summed E-state index contributed by atoms with van der Waals surface area (Å²) in [7, 11) is 0. The first kappa shape index (κ1) is 14.7. The Morgan fingerprint density at radius 3 is 2.44 bits per heavy atom. The van der Waals surface area contributed by atoms with Gasteiger partial charge in [-0.1, -0.05) is 17.7 Å². The standard InChI is InChI=1S/C12H12ClF3N2/c1-8(2)18(7-12(14,15)16)11-5-3-4-10(13)9(11)6-17/h3-5,8H,7H2,1-2H3. The van der Waals surface area contributed by atoms with E-state index < -0.39 is 18.8 Å². The predicted octanol–water partition coefficient (Wildman–Crippen LogP) is 3.99. The average Bonchev–Trinajstić information content (AvgIpc) is 2.24. The molecule has 0 aliphatic carbocycles. The van der Waals surface area contributed by atoms with Crippen molar-refractivity contribution in [3.63, 3.8) is 0 Å². The molecule has 0 bridgehead atoms. The number of benzene rings is 1. The first-order valence-electron chi connectivity index (χ1n) is 5.28. The molecule has 0 heterocycles. The van der Waals surface area contributed by atoms with Crippen LogP contribution in [0.4, 0.5) is 18.9 Å². The summed E-state index contributed by atoms with van der Waals surface area (Å²) in [4.78, 5) is 1.12. The summed E-state index contributed by atoms with van der Waals surface area (Å²) in [6, 6.07) is 5.93. The van der Waals surface area contributed by atoms with Crippen molar-refractivity contribution in [2.24, 2.45) is 0 Å². The zero-order valence-electron chi connectivity index (χ0n) is 9.92. The third-order valence-corrected chi connectivity index (χ3v) is 2.70. The van der Waals surface area contributed by atoms with E-state index in [0.717, 1.165) is 4.90 Å². The number of anilines is 1. The molecule has 0 fully saturated rings. The van der Waals surface area contributed by atoms with E-state index in [0.29, 0.717) is 0 Å². The number of hydrogen-bond donors (Lipinski definition) is 0. The van der Waals surface area contributed by atoms with E-state index in [1.54, 1.807) is 13.8 Å². The van der Waals surface area contributed by atoms with Gasteiger partial charge >= 0.3 is 6.18 Å². The van der Waals surface area contributed by atoms with Crippen LogP contribution in [0.2, 0.25) is 5.02 Å². The number of nitriles is 1. The molecule has 0 aliphatic rings.